The van der Waals surface area contributed by atoms with Gasteiger partial charge < -0.3 is 5.32 Å². The standard InChI is InChI=1S/C18H27F2N/c1-13(2)11-18(8-4-5-9-18)12-21-14(3)16-7-6-15(19)10-17(16)20/h6-7,10,13-14,21H,4-5,8-9,11-12H2,1-3H3. The maximum Gasteiger partial charge on any atom is 0.130 e. The minimum atomic E-state index is -0.518. The van der Waals surface area contributed by atoms with Crippen molar-refractivity contribution in [1.82, 2.24) is 5.32 Å². The lowest BCUT2D eigenvalue weighted by atomic mass is 9.78. The van der Waals surface area contributed by atoms with Crippen molar-refractivity contribution in [1.29, 1.82) is 0 Å². The lowest BCUT2D eigenvalue weighted by molar-refractivity contribution is 0.216. The Balaban J connectivity index is 2.00. The Morgan fingerprint density at radius 2 is 1.81 bits per heavy atom. The van der Waals surface area contributed by atoms with Gasteiger partial charge in [0.15, 0.2) is 0 Å². The second kappa shape index (κ2) is 6.87. The molecule has 1 unspecified atom stereocenters. The molecule has 1 N–H and O–H groups in total. The normalized spacial score (nSPS) is 19.1. The van der Waals surface area contributed by atoms with E-state index < -0.39 is 11.6 Å². The summed E-state index contributed by atoms with van der Waals surface area (Å²) < 4.78 is 26.8. The zero-order valence-electron chi connectivity index (χ0n) is 13.4. The molecule has 0 radical (unpaired) electrons. The molecule has 1 atom stereocenters. The van der Waals surface area contributed by atoms with Gasteiger partial charge in [-0.25, -0.2) is 8.78 Å². The van der Waals surface area contributed by atoms with Crippen LogP contribution in [0.1, 0.15) is 64.5 Å². The molecule has 1 fully saturated rings. The zero-order chi connectivity index (χ0) is 15.5. The minimum absolute atomic E-state index is 0.0877. The first kappa shape index (κ1) is 16.4. The maximum absolute atomic E-state index is 13.8. The molecule has 0 spiro atoms. The first-order valence-electron chi connectivity index (χ1n) is 8.10. The van der Waals surface area contributed by atoms with Crippen LogP contribution in [-0.2, 0) is 0 Å². The number of hydrogen-bond donors (Lipinski definition) is 1. The summed E-state index contributed by atoms with van der Waals surface area (Å²) in [5.41, 5.74) is 0.910. The van der Waals surface area contributed by atoms with E-state index >= 15 is 0 Å². The van der Waals surface area contributed by atoms with Crippen LogP contribution < -0.4 is 5.32 Å². The molecule has 3 heteroatoms. The van der Waals surface area contributed by atoms with E-state index in [1.807, 2.05) is 6.92 Å². The SMILES string of the molecule is CC(C)CC1(CNC(C)c2ccc(F)cc2F)CCCC1. The van der Waals surface area contributed by atoms with Crippen molar-refractivity contribution >= 4 is 0 Å². The molecule has 21 heavy (non-hydrogen) atoms. The van der Waals surface area contributed by atoms with E-state index in [-0.39, 0.29) is 6.04 Å². The van der Waals surface area contributed by atoms with E-state index in [1.165, 1.54) is 38.2 Å². The van der Waals surface area contributed by atoms with Gasteiger partial charge in [-0.1, -0.05) is 32.8 Å². The summed E-state index contributed by atoms with van der Waals surface area (Å²) in [5.74, 6) is -0.294. The van der Waals surface area contributed by atoms with Crippen molar-refractivity contribution in [2.24, 2.45) is 11.3 Å². The van der Waals surface area contributed by atoms with Crippen molar-refractivity contribution in [3.63, 3.8) is 0 Å². The van der Waals surface area contributed by atoms with Crippen molar-refractivity contribution in [3.8, 4) is 0 Å². The van der Waals surface area contributed by atoms with Gasteiger partial charge in [-0.2, -0.15) is 0 Å². The number of benzene rings is 1. The van der Waals surface area contributed by atoms with Crippen LogP contribution in [0.25, 0.3) is 0 Å². The number of rotatable bonds is 6. The van der Waals surface area contributed by atoms with E-state index in [1.54, 1.807) is 6.07 Å². The van der Waals surface area contributed by atoms with E-state index in [9.17, 15) is 8.78 Å². The summed E-state index contributed by atoms with van der Waals surface area (Å²) in [6.45, 7) is 7.41. The van der Waals surface area contributed by atoms with Gasteiger partial charge in [0.2, 0.25) is 0 Å². The molecule has 1 nitrogen and oxygen atoms in total. The monoisotopic (exact) mass is 295 g/mol. The molecule has 0 saturated heterocycles. The largest absolute Gasteiger partial charge is 0.310 e. The average molecular weight is 295 g/mol. The van der Waals surface area contributed by atoms with Crippen molar-refractivity contribution in [2.45, 2.75) is 58.9 Å². The highest BCUT2D eigenvalue weighted by atomic mass is 19.1. The van der Waals surface area contributed by atoms with Gasteiger partial charge in [0.05, 0.1) is 0 Å². The molecule has 118 valence electrons. The quantitative estimate of drug-likeness (QED) is 0.758. The molecule has 1 saturated carbocycles. The molecule has 0 bridgehead atoms. The summed E-state index contributed by atoms with van der Waals surface area (Å²) >= 11 is 0. The first-order valence-corrected chi connectivity index (χ1v) is 8.10. The second-order valence-electron chi connectivity index (χ2n) is 7.07. The maximum atomic E-state index is 13.8. The van der Waals surface area contributed by atoms with Crippen LogP contribution in [0.15, 0.2) is 18.2 Å². The van der Waals surface area contributed by atoms with Crippen LogP contribution in [0.3, 0.4) is 0 Å². The average Bonchev–Trinajstić information content (AvgIpc) is 2.84. The van der Waals surface area contributed by atoms with Crippen molar-refractivity contribution < 1.29 is 8.78 Å². The van der Waals surface area contributed by atoms with E-state index in [4.69, 9.17) is 0 Å². The topological polar surface area (TPSA) is 12.0 Å². The van der Waals surface area contributed by atoms with Crippen LogP contribution in [0.2, 0.25) is 0 Å². The summed E-state index contributed by atoms with van der Waals surface area (Å²) in [7, 11) is 0. The molecule has 2 rings (SSSR count). The Hall–Kier alpha value is -0.960. The summed E-state index contributed by atoms with van der Waals surface area (Å²) in [6.07, 6.45) is 6.34. The van der Waals surface area contributed by atoms with Gasteiger partial charge in [0.1, 0.15) is 11.6 Å². The van der Waals surface area contributed by atoms with Crippen LogP contribution in [0.4, 0.5) is 8.78 Å². The zero-order valence-corrected chi connectivity index (χ0v) is 13.4. The van der Waals surface area contributed by atoms with E-state index in [0.29, 0.717) is 16.9 Å². The fourth-order valence-corrected chi connectivity index (χ4v) is 3.78. The molecule has 1 aliphatic rings. The molecule has 0 aliphatic heterocycles. The third kappa shape index (κ3) is 4.26. The molecular formula is C18H27F2N. The Bertz CT molecular complexity index is 464. The Kier molecular flexibility index (Phi) is 5.37. The molecule has 0 heterocycles. The lowest BCUT2D eigenvalue weighted by Crippen LogP contribution is -2.35. The van der Waals surface area contributed by atoms with Gasteiger partial charge in [-0.15, -0.1) is 0 Å². The predicted octanol–water partition coefficient (Wildman–Crippen LogP) is 5.22. The van der Waals surface area contributed by atoms with Gasteiger partial charge in [-0.3, -0.25) is 0 Å². The highest BCUT2D eigenvalue weighted by Crippen LogP contribution is 2.43. The molecule has 1 aromatic rings. The molecular weight excluding hydrogens is 268 g/mol. The number of nitrogens with one attached hydrogen (secondary N) is 1. The smallest absolute Gasteiger partial charge is 0.130 e. The summed E-state index contributed by atoms with van der Waals surface area (Å²) in [5, 5.41) is 3.48. The Labute approximate surface area is 127 Å². The molecule has 0 amide bonds. The molecule has 1 aliphatic carbocycles. The molecule has 1 aromatic carbocycles. The van der Waals surface area contributed by atoms with E-state index in [0.717, 1.165) is 12.6 Å². The highest BCUT2D eigenvalue weighted by molar-refractivity contribution is 5.21. The minimum Gasteiger partial charge on any atom is -0.310 e. The van der Waals surface area contributed by atoms with Crippen molar-refractivity contribution in [3.05, 3.63) is 35.4 Å². The predicted molar refractivity (Wildman–Crippen MR) is 83.1 cm³/mol. The third-order valence-electron chi connectivity index (χ3n) is 4.72. The Morgan fingerprint density at radius 1 is 1.14 bits per heavy atom. The second-order valence-corrected chi connectivity index (χ2v) is 7.07. The lowest BCUT2D eigenvalue weighted by Gasteiger charge is -2.33. The third-order valence-corrected chi connectivity index (χ3v) is 4.72. The summed E-state index contributed by atoms with van der Waals surface area (Å²) in [6, 6.07) is 3.75. The van der Waals surface area contributed by atoms with Gasteiger partial charge >= 0.3 is 0 Å². The fourth-order valence-electron chi connectivity index (χ4n) is 3.78. The highest BCUT2D eigenvalue weighted by Gasteiger charge is 2.34. The number of halogens is 2. The van der Waals surface area contributed by atoms with Crippen LogP contribution in [0, 0.1) is 23.0 Å². The van der Waals surface area contributed by atoms with Gasteiger partial charge in [-0.05, 0) is 43.6 Å². The molecule has 0 aromatic heterocycles. The van der Waals surface area contributed by atoms with Crippen LogP contribution >= 0.6 is 0 Å². The van der Waals surface area contributed by atoms with Crippen LogP contribution in [-0.4, -0.2) is 6.54 Å². The van der Waals surface area contributed by atoms with Gasteiger partial charge in [0, 0.05) is 24.2 Å². The Morgan fingerprint density at radius 3 is 2.38 bits per heavy atom. The van der Waals surface area contributed by atoms with Crippen molar-refractivity contribution in [2.75, 3.05) is 6.54 Å². The first-order chi connectivity index (χ1) is 9.92. The summed E-state index contributed by atoms with van der Waals surface area (Å²) in [4.78, 5) is 0. The van der Waals surface area contributed by atoms with Gasteiger partial charge in [0.25, 0.3) is 0 Å². The van der Waals surface area contributed by atoms with E-state index in [2.05, 4.69) is 19.2 Å². The van der Waals surface area contributed by atoms with Crippen LogP contribution in [0.5, 0.6) is 0 Å². The fraction of sp³-hybridized carbons (Fsp3) is 0.667. The number of hydrogen-bond acceptors (Lipinski definition) is 1.